The van der Waals surface area contributed by atoms with E-state index >= 15 is 0 Å². The molecule has 10 heteroatoms. The Morgan fingerprint density at radius 3 is 2.32 bits per heavy atom. The summed E-state index contributed by atoms with van der Waals surface area (Å²) in [5, 5.41) is 11.5. The third-order valence-corrected chi connectivity index (χ3v) is 6.13. The van der Waals surface area contributed by atoms with Crippen LogP contribution in [-0.4, -0.2) is 33.0 Å². The van der Waals surface area contributed by atoms with Crippen LogP contribution in [0.1, 0.15) is 18.1 Å². The minimum Gasteiger partial charge on any atom is -0.497 e. The molecule has 0 amide bonds. The molecule has 9 nitrogen and oxygen atoms in total. The highest BCUT2D eigenvalue weighted by Gasteiger charge is 2.21. The minimum absolute atomic E-state index is 0.0340. The van der Waals surface area contributed by atoms with Crippen molar-refractivity contribution in [1.29, 1.82) is 0 Å². The molecule has 0 heterocycles. The number of nitrogens with zero attached hydrogens (tertiary/aromatic N) is 1. The van der Waals surface area contributed by atoms with Gasteiger partial charge in [0, 0.05) is 23.8 Å². The number of non-ortho nitro benzene ring substituents is 1. The number of hydrogen-bond donors (Lipinski definition) is 1. The van der Waals surface area contributed by atoms with Gasteiger partial charge < -0.3 is 9.47 Å². The lowest BCUT2D eigenvalue weighted by Crippen LogP contribution is -2.14. The summed E-state index contributed by atoms with van der Waals surface area (Å²) in [7, 11) is -2.60. The molecule has 0 aliphatic carbocycles. The predicted octanol–water partition coefficient (Wildman–Crippen LogP) is 4.40. The molecule has 0 unspecified atom stereocenters. The van der Waals surface area contributed by atoms with Gasteiger partial charge in [0.05, 0.1) is 29.2 Å². The first-order valence-corrected chi connectivity index (χ1v) is 11.6. The molecule has 3 aromatic carbocycles. The van der Waals surface area contributed by atoms with Gasteiger partial charge in [0.1, 0.15) is 5.75 Å². The Kier molecular flexibility index (Phi) is 7.64. The maximum Gasteiger partial charge on any atom is 0.331 e. The van der Waals surface area contributed by atoms with Crippen LogP contribution in [0.15, 0.2) is 83.8 Å². The molecule has 0 aromatic heterocycles. The van der Waals surface area contributed by atoms with Crippen molar-refractivity contribution in [3.05, 3.63) is 100 Å². The normalized spacial score (nSPS) is 11.5. The van der Waals surface area contributed by atoms with Crippen LogP contribution in [0.25, 0.3) is 5.57 Å². The van der Waals surface area contributed by atoms with Crippen LogP contribution in [0.3, 0.4) is 0 Å². The van der Waals surface area contributed by atoms with E-state index in [-0.39, 0.29) is 34.0 Å². The molecule has 0 bridgehead atoms. The number of esters is 1. The Labute approximate surface area is 196 Å². The van der Waals surface area contributed by atoms with Crippen LogP contribution in [0, 0.1) is 10.1 Å². The van der Waals surface area contributed by atoms with Gasteiger partial charge in [-0.2, -0.15) is 0 Å². The monoisotopic (exact) mass is 482 g/mol. The van der Waals surface area contributed by atoms with Crippen molar-refractivity contribution < 1.29 is 27.6 Å². The summed E-state index contributed by atoms with van der Waals surface area (Å²) in [6.07, 6.45) is 1.18. The van der Waals surface area contributed by atoms with Gasteiger partial charge >= 0.3 is 5.97 Å². The molecule has 0 aliphatic heterocycles. The first-order valence-electron chi connectivity index (χ1n) is 10.1. The molecule has 1 N–H and O–H groups in total. The van der Waals surface area contributed by atoms with Crippen molar-refractivity contribution in [2.75, 3.05) is 18.4 Å². The fourth-order valence-corrected chi connectivity index (χ4v) is 4.23. The van der Waals surface area contributed by atoms with Gasteiger partial charge in [-0.1, -0.05) is 30.3 Å². The van der Waals surface area contributed by atoms with E-state index in [1.54, 1.807) is 37.3 Å². The first-order chi connectivity index (χ1) is 16.2. The second-order valence-corrected chi connectivity index (χ2v) is 8.63. The van der Waals surface area contributed by atoms with Crippen LogP contribution in [0.2, 0.25) is 0 Å². The lowest BCUT2D eigenvalue weighted by molar-refractivity contribution is -0.384. The number of anilines is 1. The van der Waals surface area contributed by atoms with Crippen molar-refractivity contribution in [3.8, 4) is 5.75 Å². The Morgan fingerprint density at radius 2 is 1.74 bits per heavy atom. The molecule has 3 rings (SSSR count). The number of nitro groups is 1. The van der Waals surface area contributed by atoms with Crippen molar-refractivity contribution in [2.45, 2.75) is 11.8 Å². The highest BCUT2D eigenvalue weighted by atomic mass is 32.2. The smallest absolute Gasteiger partial charge is 0.331 e. The van der Waals surface area contributed by atoms with Gasteiger partial charge in [0.2, 0.25) is 0 Å². The van der Waals surface area contributed by atoms with Crippen LogP contribution in [-0.2, 0) is 19.6 Å². The SMILES string of the molecule is CCOC(=O)/C=C(\c1ccccc1)c1cc([N+](=O)[O-])ccc1NS(=O)(=O)c1ccc(OC)cc1. The van der Waals surface area contributed by atoms with Gasteiger partial charge in [0.15, 0.2) is 0 Å². The largest absolute Gasteiger partial charge is 0.497 e. The number of rotatable bonds is 9. The van der Waals surface area contributed by atoms with Crippen molar-refractivity contribution in [1.82, 2.24) is 0 Å². The highest BCUT2D eigenvalue weighted by Crippen LogP contribution is 2.34. The number of carbonyl (C=O) groups excluding carboxylic acids is 1. The molecule has 0 saturated carbocycles. The number of methoxy groups -OCH3 is 1. The maximum atomic E-state index is 13.1. The third kappa shape index (κ3) is 5.78. The third-order valence-electron chi connectivity index (χ3n) is 4.75. The van der Waals surface area contributed by atoms with Crippen molar-refractivity contribution >= 4 is 32.9 Å². The van der Waals surface area contributed by atoms with E-state index in [0.717, 1.165) is 0 Å². The maximum absolute atomic E-state index is 13.1. The summed E-state index contributed by atoms with van der Waals surface area (Å²) < 4.78 is 38.7. The van der Waals surface area contributed by atoms with Gasteiger partial charge in [0.25, 0.3) is 15.7 Å². The number of ether oxygens (including phenoxy) is 2. The Morgan fingerprint density at radius 1 is 1.06 bits per heavy atom. The first kappa shape index (κ1) is 24.5. The standard InChI is InChI=1S/C24H22N2O7S/c1-3-33-24(27)16-21(17-7-5-4-6-8-17)22-15-18(26(28)29)9-14-23(22)25-34(30,31)20-12-10-19(32-2)11-13-20/h4-16,25H,3H2,1-2H3/b21-16+. The fourth-order valence-electron chi connectivity index (χ4n) is 3.15. The molecule has 176 valence electrons. The molecule has 0 atom stereocenters. The van der Waals surface area contributed by atoms with E-state index in [0.29, 0.717) is 11.3 Å². The van der Waals surface area contributed by atoms with E-state index in [1.165, 1.54) is 55.7 Å². The number of hydrogen-bond acceptors (Lipinski definition) is 7. The molecule has 34 heavy (non-hydrogen) atoms. The number of sulfonamides is 1. The quantitative estimate of drug-likeness (QED) is 0.207. The van der Waals surface area contributed by atoms with Gasteiger partial charge in [-0.15, -0.1) is 0 Å². The zero-order valence-corrected chi connectivity index (χ0v) is 19.2. The van der Waals surface area contributed by atoms with E-state index in [1.807, 2.05) is 0 Å². The minimum atomic E-state index is -4.07. The summed E-state index contributed by atoms with van der Waals surface area (Å²) in [5.74, 6) is -0.185. The zero-order chi connectivity index (χ0) is 24.7. The summed E-state index contributed by atoms with van der Waals surface area (Å²) in [6, 6.07) is 18.1. The molecular weight excluding hydrogens is 460 g/mol. The number of carbonyl (C=O) groups is 1. The average Bonchev–Trinajstić information content (AvgIpc) is 2.83. The van der Waals surface area contributed by atoms with Crippen LogP contribution < -0.4 is 9.46 Å². The van der Waals surface area contributed by atoms with Gasteiger partial charge in [-0.25, -0.2) is 13.2 Å². The summed E-state index contributed by atoms with van der Waals surface area (Å²) >= 11 is 0. The molecule has 0 fully saturated rings. The second kappa shape index (κ2) is 10.6. The molecule has 0 radical (unpaired) electrons. The summed E-state index contributed by atoms with van der Waals surface area (Å²) in [4.78, 5) is 23.1. The number of nitrogens with one attached hydrogen (secondary N) is 1. The zero-order valence-electron chi connectivity index (χ0n) is 18.4. The average molecular weight is 483 g/mol. The van der Waals surface area contributed by atoms with E-state index in [9.17, 15) is 23.3 Å². The van der Waals surface area contributed by atoms with Gasteiger partial charge in [-0.05, 0) is 48.4 Å². The Hall–Kier alpha value is -4.18. The van der Waals surface area contributed by atoms with Crippen LogP contribution in [0.5, 0.6) is 5.75 Å². The van der Waals surface area contributed by atoms with Gasteiger partial charge in [-0.3, -0.25) is 14.8 Å². The molecular formula is C24H22N2O7S. The van der Waals surface area contributed by atoms with E-state index in [2.05, 4.69) is 4.72 Å². The lowest BCUT2D eigenvalue weighted by Gasteiger charge is -2.16. The van der Waals surface area contributed by atoms with E-state index in [4.69, 9.17) is 9.47 Å². The van der Waals surface area contributed by atoms with Crippen molar-refractivity contribution in [3.63, 3.8) is 0 Å². The summed E-state index contributed by atoms with van der Waals surface area (Å²) in [6.45, 7) is 1.78. The van der Waals surface area contributed by atoms with E-state index < -0.39 is 20.9 Å². The Balaban J connectivity index is 2.16. The molecule has 0 spiro atoms. The Bertz CT molecular complexity index is 1320. The topological polar surface area (TPSA) is 125 Å². The molecule has 3 aromatic rings. The predicted molar refractivity (Wildman–Crippen MR) is 127 cm³/mol. The number of nitro benzene ring substituents is 1. The molecule has 0 saturated heterocycles. The van der Waals surface area contributed by atoms with Crippen LogP contribution in [0.4, 0.5) is 11.4 Å². The summed E-state index contributed by atoms with van der Waals surface area (Å²) in [5.41, 5.74) is 0.732. The lowest BCUT2D eigenvalue weighted by atomic mass is 9.95. The fraction of sp³-hybridized carbons (Fsp3) is 0.125. The second-order valence-electron chi connectivity index (χ2n) is 6.94. The highest BCUT2D eigenvalue weighted by molar-refractivity contribution is 7.92. The number of benzene rings is 3. The van der Waals surface area contributed by atoms with Crippen molar-refractivity contribution in [2.24, 2.45) is 0 Å². The van der Waals surface area contributed by atoms with Crippen LogP contribution >= 0.6 is 0 Å². The molecule has 0 aliphatic rings.